The van der Waals surface area contributed by atoms with Crippen molar-refractivity contribution in [2.45, 2.75) is 40.7 Å². The lowest BCUT2D eigenvalue weighted by Crippen LogP contribution is -2.25. The molecule has 0 unspecified atom stereocenters. The van der Waals surface area contributed by atoms with Crippen LogP contribution < -0.4 is 5.32 Å². The van der Waals surface area contributed by atoms with Crippen molar-refractivity contribution in [2.75, 3.05) is 6.54 Å². The molecule has 4 heteroatoms. The van der Waals surface area contributed by atoms with Gasteiger partial charge in [-0.1, -0.05) is 31.0 Å². The standard InChI is InChI=1S/C15H19N3O.C2H6/c1-12-8-13(2)10-14(9-12)15(19)17-4-3-6-18-7-5-16-11-18;1-2/h5,7-11H,3-4,6H2,1-2H3,(H,17,19);1-2H3. The Kier molecular flexibility index (Phi) is 7.23. The van der Waals surface area contributed by atoms with E-state index in [0.717, 1.165) is 29.7 Å². The summed E-state index contributed by atoms with van der Waals surface area (Å²) in [6.07, 6.45) is 6.36. The third-order valence-electron chi connectivity index (χ3n) is 2.92. The summed E-state index contributed by atoms with van der Waals surface area (Å²) in [6.45, 7) is 9.54. The largest absolute Gasteiger partial charge is 0.352 e. The number of aryl methyl sites for hydroxylation is 3. The Morgan fingerprint density at radius 3 is 2.43 bits per heavy atom. The minimum Gasteiger partial charge on any atom is -0.352 e. The molecule has 2 rings (SSSR count). The molecule has 2 aromatic rings. The molecule has 1 amide bonds. The van der Waals surface area contributed by atoms with Gasteiger partial charge in [0.15, 0.2) is 0 Å². The molecule has 0 saturated heterocycles. The maximum Gasteiger partial charge on any atom is 0.251 e. The fraction of sp³-hybridized carbons (Fsp3) is 0.412. The van der Waals surface area contributed by atoms with Crippen LogP contribution in [-0.2, 0) is 6.54 Å². The van der Waals surface area contributed by atoms with E-state index in [4.69, 9.17) is 0 Å². The Balaban J connectivity index is 0.00000106. The van der Waals surface area contributed by atoms with Crippen LogP contribution in [0.1, 0.15) is 41.8 Å². The monoisotopic (exact) mass is 287 g/mol. The third-order valence-corrected chi connectivity index (χ3v) is 2.92. The lowest BCUT2D eigenvalue weighted by atomic mass is 10.1. The van der Waals surface area contributed by atoms with Crippen LogP contribution in [0.25, 0.3) is 0 Å². The van der Waals surface area contributed by atoms with Crippen LogP contribution in [0.5, 0.6) is 0 Å². The van der Waals surface area contributed by atoms with Gasteiger partial charge in [-0.3, -0.25) is 4.79 Å². The molecule has 0 fully saturated rings. The first-order chi connectivity index (χ1) is 10.1. The van der Waals surface area contributed by atoms with E-state index in [1.54, 1.807) is 12.5 Å². The molecule has 0 aliphatic rings. The van der Waals surface area contributed by atoms with E-state index in [2.05, 4.69) is 16.4 Å². The van der Waals surface area contributed by atoms with E-state index < -0.39 is 0 Å². The molecule has 1 N–H and O–H groups in total. The minimum absolute atomic E-state index is 0.00238. The molecule has 1 aromatic carbocycles. The number of imidazole rings is 1. The first kappa shape index (κ1) is 17.0. The summed E-state index contributed by atoms with van der Waals surface area (Å²) < 4.78 is 2.00. The predicted octanol–water partition coefficient (Wildman–Crippen LogP) is 3.35. The summed E-state index contributed by atoms with van der Waals surface area (Å²) in [5.41, 5.74) is 2.97. The van der Waals surface area contributed by atoms with Crippen molar-refractivity contribution in [3.8, 4) is 0 Å². The van der Waals surface area contributed by atoms with Crippen molar-refractivity contribution >= 4 is 5.91 Å². The van der Waals surface area contributed by atoms with E-state index in [-0.39, 0.29) is 5.91 Å². The van der Waals surface area contributed by atoms with E-state index in [9.17, 15) is 4.79 Å². The van der Waals surface area contributed by atoms with Gasteiger partial charge < -0.3 is 9.88 Å². The zero-order valence-corrected chi connectivity index (χ0v) is 13.4. The van der Waals surface area contributed by atoms with E-state index >= 15 is 0 Å². The van der Waals surface area contributed by atoms with Gasteiger partial charge in [0.25, 0.3) is 5.91 Å². The molecule has 0 spiro atoms. The molecular formula is C17H25N3O. The van der Waals surface area contributed by atoms with Gasteiger partial charge in [0.2, 0.25) is 0 Å². The Morgan fingerprint density at radius 1 is 1.19 bits per heavy atom. The Hall–Kier alpha value is -2.10. The van der Waals surface area contributed by atoms with Crippen LogP contribution in [0.3, 0.4) is 0 Å². The zero-order valence-electron chi connectivity index (χ0n) is 13.4. The van der Waals surface area contributed by atoms with Gasteiger partial charge in [-0.25, -0.2) is 4.98 Å². The summed E-state index contributed by atoms with van der Waals surface area (Å²) >= 11 is 0. The second-order valence-corrected chi connectivity index (χ2v) is 4.79. The van der Waals surface area contributed by atoms with Crippen LogP contribution in [0, 0.1) is 13.8 Å². The minimum atomic E-state index is -0.00238. The van der Waals surface area contributed by atoms with E-state index in [1.165, 1.54) is 0 Å². The third kappa shape index (κ3) is 5.81. The van der Waals surface area contributed by atoms with E-state index in [1.807, 2.05) is 50.6 Å². The number of carbonyl (C=O) groups is 1. The number of hydrogen-bond acceptors (Lipinski definition) is 2. The smallest absolute Gasteiger partial charge is 0.251 e. The summed E-state index contributed by atoms with van der Waals surface area (Å²) in [7, 11) is 0. The number of benzene rings is 1. The van der Waals surface area contributed by atoms with Gasteiger partial charge in [-0.2, -0.15) is 0 Å². The Bertz CT molecular complexity index is 527. The molecule has 0 aliphatic heterocycles. The predicted molar refractivity (Wildman–Crippen MR) is 86.4 cm³/mol. The van der Waals surface area contributed by atoms with Crippen LogP contribution >= 0.6 is 0 Å². The number of hydrogen-bond donors (Lipinski definition) is 1. The molecule has 0 atom stereocenters. The molecule has 0 saturated carbocycles. The molecule has 0 bridgehead atoms. The first-order valence-corrected chi connectivity index (χ1v) is 7.47. The fourth-order valence-corrected chi connectivity index (χ4v) is 2.09. The number of nitrogens with zero attached hydrogens (tertiary/aromatic N) is 2. The summed E-state index contributed by atoms with van der Waals surface area (Å²) in [6, 6.07) is 5.90. The van der Waals surface area contributed by atoms with Crippen molar-refractivity contribution in [1.29, 1.82) is 0 Å². The molecule has 1 heterocycles. The van der Waals surface area contributed by atoms with Gasteiger partial charge in [0.1, 0.15) is 0 Å². The van der Waals surface area contributed by atoms with Crippen molar-refractivity contribution in [2.24, 2.45) is 0 Å². The number of rotatable bonds is 5. The number of nitrogens with one attached hydrogen (secondary N) is 1. The highest BCUT2D eigenvalue weighted by Crippen LogP contribution is 2.08. The number of aromatic nitrogens is 2. The van der Waals surface area contributed by atoms with Crippen molar-refractivity contribution in [3.63, 3.8) is 0 Å². The first-order valence-electron chi connectivity index (χ1n) is 7.47. The van der Waals surface area contributed by atoms with Gasteiger partial charge in [0.05, 0.1) is 6.33 Å². The maximum absolute atomic E-state index is 12.0. The van der Waals surface area contributed by atoms with Gasteiger partial charge in [0, 0.05) is 31.0 Å². The second-order valence-electron chi connectivity index (χ2n) is 4.79. The van der Waals surface area contributed by atoms with Crippen LogP contribution in [-0.4, -0.2) is 22.0 Å². The second kappa shape index (κ2) is 8.95. The molecular weight excluding hydrogens is 262 g/mol. The summed E-state index contributed by atoms with van der Waals surface area (Å²) in [5.74, 6) is -0.00238. The molecule has 21 heavy (non-hydrogen) atoms. The Morgan fingerprint density at radius 2 is 1.86 bits per heavy atom. The average Bonchev–Trinajstić information content (AvgIpc) is 2.98. The average molecular weight is 287 g/mol. The van der Waals surface area contributed by atoms with Gasteiger partial charge >= 0.3 is 0 Å². The topological polar surface area (TPSA) is 46.9 Å². The van der Waals surface area contributed by atoms with Crippen molar-refractivity contribution in [1.82, 2.24) is 14.9 Å². The highest BCUT2D eigenvalue weighted by Gasteiger charge is 2.05. The van der Waals surface area contributed by atoms with Crippen molar-refractivity contribution < 1.29 is 4.79 Å². The maximum atomic E-state index is 12.0. The lowest BCUT2D eigenvalue weighted by Gasteiger charge is -2.07. The van der Waals surface area contributed by atoms with Crippen LogP contribution in [0.2, 0.25) is 0 Å². The van der Waals surface area contributed by atoms with Gasteiger partial charge in [-0.05, 0) is 32.4 Å². The van der Waals surface area contributed by atoms with Crippen molar-refractivity contribution in [3.05, 3.63) is 53.6 Å². The number of amides is 1. The quantitative estimate of drug-likeness (QED) is 0.857. The molecule has 114 valence electrons. The zero-order chi connectivity index (χ0) is 15.7. The SMILES string of the molecule is CC.Cc1cc(C)cc(C(=O)NCCCn2ccnc2)c1. The molecule has 1 aromatic heterocycles. The normalized spacial score (nSPS) is 9.71. The van der Waals surface area contributed by atoms with Crippen LogP contribution in [0.15, 0.2) is 36.9 Å². The molecule has 0 radical (unpaired) electrons. The highest BCUT2D eigenvalue weighted by atomic mass is 16.1. The highest BCUT2D eigenvalue weighted by molar-refractivity contribution is 5.94. The number of carbonyl (C=O) groups excluding carboxylic acids is 1. The van der Waals surface area contributed by atoms with Gasteiger partial charge in [-0.15, -0.1) is 0 Å². The fourth-order valence-electron chi connectivity index (χ4n) is 2.09. The summed E-state index contributed by atoms with van der Waals surface area (Å²) in [5, 5.41) is 2.94. The summed E-state index contributed by atoms with van der Waals surface area (Å²) in [4.78, 5) is 16.0. The molecule has 0 aliphatic carbocycles. The lowest BCUT2D eigenvalue weighted by molar-refractivity contribution is 0.0952. The molecule has 4 nitrogen and oxygen atoms in total. The van der Waals surface area contributed by atoms with E-state index in [0.29, 0.717) is 6.54 Å². The Labute approximate surface area is 127 Å². The van der Waals surface area contributed by atoms with Crippen LogP contribution in [0.4, 0.5) is 0 Å².